The second-order valence-electron chi connectivity index (χ2n) is 6.21. The lowest BCUT2D eigenvalue weighted by molar-refractivity contribution is -0.132. The third-order valence-electron chi connectivity index (χ3n) is 4.74. The normalized spacial score (nSPS) is 27.3. The van der Waals surface area contributed by atoms with Gasteiger partial charge in [-0.2, -0.15) is 0 Å². The smallest absolute Gasteiger partial charge is 0.262 e. The summed E-state index contributed by atoms with van der Waals surface area (Å²) in [6, 6.07) is 3.29. The van der Waals surface area contributed by atoms with Crippen LogP contribution in [0.25, 0.3) is 0 Å². The van der Waals surface area contributed by atoms with Crippen LogP contribution in [-0.2, 0) is 4.79 Å². The van der Waals surface area contributed by atoms with Gasteiger partial charge >= 0.3 is 0 Å². The zero-order chi connectivity index (χ0) is 15.9. The second-order valence-corrected chi connectivity index (χ2v) is 8.67. The fourth-order valence-electron chi connectivity index (χ4n) is 3.53. The van der Waals surface area contributed by atoms with Crippen molar-refractivity contribution >= 4 is 51.5 Å². The van der Waals surface area contributed by atoms with Crippen molar-refractivity contribution in [1.82, 2.24) is 10.2 Å². The minimum atomic E-state index is -0.511. The van der Waals surface area contributed by atoms with Gasteiger partial charge in [0.15, 0.2) is 0 Å². The van der Waals surface area contributed by atoms with Crippen molar-refractivity contribution in [3.8, 4) is 0 Å². The van der Waals surface area contributed by atoms with Gasteiger partial charge in [-0.1, -0.05) is 0 Å². The minimum Gasteiger partial charge on any atom is -0.340 e. The van der Waals surface area contributed by atoms with E-state index in [1.165, 1.54) is 11.3 Å². The van der Waals surface area contributed by atoms with E-state index in [1.807, 2.05) is 11.0 Å². The SMILES string of the molecule is CC(NC(=O)c1ccc(Br)s1)C(=O)N1CC2CCC(N)C2C1.Cl. The number of hydrogen-bond donors (Lipinski definition) is 2. The van der Waals surface area contributed by atoms with E-state index >= 15 is 0 Å². The van der Waals surface area contributed by atoms with Crippen LogP contribution in [-0.4, -0.2) is 41.9 Å². The fourth-order valence-corrected chi connectivity index (χ4v) is 4.82. The Balaban J connectivity index is 0.00000192. The number of nitrogens with zero attached hydrogens (tertiary/aromatic N) is 1. The molecule has 23 heavy (non-hydrogen) atoms. The van der Waals surface area contributed by atoms with E-state index in [2.05, 4.69) is 21.2 Å². The van der Waals surface area contributed by atoms with Gasteiger partial charge in [0.25, 0.3) is 5.91 Å². The second kappa shape index (κ2) is 7.51. The van der Waals surface area contributed by atoms with Gasteiger partial charge in [-0.25, -0.2) is 0 Å². The minimum absolute atomic E-state index is 0. The number of thiophene rings is 1. The van der Waals surface area contributed by atoms with Crippen LogP contribution in [0.2, 0.25) is 0 Å². The summed E-state index contributed by atoms with van der Waals surface area (Å²) >= 11 is 4.69. The van der Waals surface area contributed by atoms with Crippen LogP contribution in [0.15, 0.2) is 15.9 Å². The molecule has 0 spiro atoms. The summed E-state index contributed by atoms with van der Waals surface area (Å²) in [6.07, 6.45) is 2.18. The highest BCUT2D eigenvalue weighted by Gasteiger charge is 2.43. The lowest BCUT2D eigenvalue weighted by Crippen LogP contribution is -2.46. The number of nitrogens with two attached hydrogens (primary N) is 1. The highest BCUT2D eigenvalue weighted by Crippen LogP contribution is 2.37. The van der Waals surface area contributed by atoms with Gasteiger partial charge < -0.3 is 16.0 Å². The van der Waals surface area contributed by atoms with E-state index in [-0.39, 0.29) is 30.3 Å². The summed E-state index contributed by atoms with van der Waals surface area (Å²) in [5, 5.41) is 2.79. The summed E-state index contributed by atoms with van der Waals surface area (Å²) in [5.41, 5.74) is 6.11. The molecule has 128 valence electrons. The Morgan fingerprint density at radius 3 is 2.74 bits per heavy atom. The largest absolute Gasteiger partial charge is 0.340 e. The quantitative estimate of drug-likeness (QED) is 0.784. The van der Waals surface area contributed by atoms with Crippen molar-refractivity contribution in [1.29, 1.82) is 0 Å². The number of halogens is 2. The van der Waals surface area contributed by atoms with E-state index in [0.29, 0.717) is 16.7 Å². The summed E-state index contributed by atoms with van der Waals surface area (Å²) in [4.78, 5) is 27.1. The Hall–Kier alpha value is -0.630. The van der Waals surface area contributed by atoms with Gasteiger partial charge in [-0.15, -0.1) is 23.7 Å². The molecule has 0 bridgehead atoms. The number of carbonyl (C=O) groups excluding carboxylic acids is 2. The number of hydrogen-bond acceptors (Lipinski definition) is 4. The average Bonchev–Trinajstić information content (AvgIpc) is 3.16. The molecular formula is C15H21BrClN3O2S. The third kappa shape index (κ3) is 3.90. The first kappa shape index (κ1) is 18.7. The molecule has 3 N–H and O–H groups in total. The maximum absolute atomic E-state index is 12.5. The number of carbonyl (C=O) groups is 2. The molecule has 1 aromatic heterocycles. The maximum atomic E-state index is 12.5. The number of fused-ring (bicyclic) bond motifs is 1. The van der Waals surface area contributed by atoms with Crippen LogP contribution in [0.1, 0.15) is 29.4 Å². The van der Waals surface area contributed by atoms with Gasteiger partial charge in [0.1, 0.15) is 6.04 Å². The van der Waals surface area contributed by atoms with Crippen molar-refractivity contribution in [2.45, 2.75) is 31.8 Å². The van der Waals surface area contributed by atoms with Gasteiger partial charge in [0, 0.05) is 19.1 Å². The molecule has 1 aliphatic heterocycles. The van der Waals surface area contributed by atoms with E-state index in [0.717, 1.165) is 29.7 Å². The molecule has 1 aliphatic carbocycles. The van der Waals surface area contributed by atoms with Crippen LogP contribution in [0, 0.1) is 11.8 Å². The molecule has 2 aliphatic rings. The Kier molecular flexibility index (Phi) is 6.10. The molecule has 1 saturated carbocycles. The van der Waals surface area contributed by atoms with Crippen LogP contribution < -0.4 is 11.1 Å². The highest BCUT2D eigenvalue weighted by atomic mass is 79.9. The zero-order valence-corrected chi connectivity index (χ0v) is 16.0. The van der Waals surface area contributed by atoms with E-state index in [1.54, 1.807) is 13.0 Å². The van der Waals surface area contributed by atoms with Crippen molar-refractivity contribution in [2.75, 3.05) is 13.1 Å². The molecule has 1 aromatic rings. The van der Waals surface area contributed by atoms with E-state index in [9.17, 15) is 9.59 Å². The van der Waals surface area contributed by atoms with Crippen LogP contribution >= 0.6 is 39.7 Å². The predicted octanol–water partition coefficient (Wildman–Crippen LogP) is 2.25. The predicted molar refractivity (Wildman–Crippen MR) is 97.0 cm³/mol. The number of rotatable bonds is 3. The lowest BCUT2D eigenvalue weighted by atomic mass is 9.98. The van der Waals surface area contributed by atoms with Gasteiger partial charge in [0.05, 0.1) is 8.66 Å². The Bertz CT molecular complexity index is 597. The van der Waals surface area contributed by atoms with Crippen LogP contribution in [0.3, 0.4) is 0 Å². The number of nitrogens with one attached hydrogen (secondary N) is 1. The maximum Gasteiger partial charge on any atom is 0.262 e. The Morgan fingerprint density at radius 1 is 1.39 bits per heavy atom. The Labute approximate surface area is 154 Å². The van der Waals surface area contributed by atoms with Crippen molar-refractivity contribution in [2.24, 2.45) is 17.6 Å². The van der Waals surface area contributed by atoms with E-state index < -0.39 is 6.04 Å². The van der Waals surface area contributed by atoms with E-state index in [4.69, 9.17) is 5.73 Å². The van der Waals surface area contributed by atoms with Crippen molar-refractivity contribution in [3.63, 3.8) is 0 Å². The third-order valence-corrected chi connectivity index (χ3v) is 6.36. The monoisotopic (exact) mass is 421 g/mol. The first-order valence-corrected chi connectivity index (χ1v) is 9.17. The van der Waals surface area contributed by atoms with Crippen molar-refractivity contribution < 1.29 is 9.59 Å². The Morgan fingerprint density at radius 2 is 2.13 bits per heavy atom. The van der Waals surface area contributed by atoms with Gasteiger partial charge in [-0.3, -0.25) is 9.59 Å². The standard InChI is InChI=1S/C15H20BrN3O2S.ClH/c1-8(18-14(20)12-4-5-13(16)22-12)15(21)19-6-9-2-3-11(17)10(9)7-19;/h4-5,8-11H,2-3,6-7,17H2,1H3,(H,18,20);1H. The zero-order valence-electron chi connectivity index (χ0n) is 12.8. The molecule has 5 nitrogen and oxygen atoms in total. The summed E-state index contributed by atoms with van der Waals surface area (Å²) < 4.78 is 0.901. The summed E-state index contributed by atoms with van der Waals surface area (Å²) in [6.45, 7) is 3.26. The molecule has 1 saturated heterocycles. The first-order chi connectivity index (χ1) is 10.5. The summed E-state index contributed by atoms with van der Waals surface area (Å²) in [7, 11) is 0. The van der Waals surface area contributed by atoms with Crippen LogP contribution in [0.5, 0.6) is 0 Å². The lowest BCUT2D eigenvalue weighted by Gasteiger charge is -2.23. The van der Waals surface area contributed by atoms with Gasteiger partial charge in [-0.05, 0) is 59.7 Å². The van der Waals surface area contributed by atoms with Crippen LogP contribution in [0.4, 0.5) is 0 Å². The number of amides is 2. The molecule has 8 heteroatoms. The average molecular weight is 423 g/mol. The fraction of sp³-hybridized carbons (Fsp3) is 0.600. The summed E-state index contributed by atoms with van der Waals surface area (Å²) in [5.74, 6) is 0.758. The molecule has 2 amide bonds. The molecule has 2 heterocycles. The molecule has 0 radical (unpaired) electrons. The molecule has 4 unspecified atom stereocenters. The molecule has 0 aromatic carbocycles. The molecule has 2 fully saturated rings. The topological polar surface area (TPSA) is 75.4 Å². The number of likely N-dealkylation sites (tertiary alicyclic amines) is 1. The molecule has 3 rings (SSSR count). The van der Waals surface area contributed by atoms with Crippen molar-refractivity contribution in [3.05, 3.63) is 20.8 Å². The molecular weight excluding hydrogens is 402 g/mol. The molecule has 4 atom stereocenters. The van der Waals surface area contributed by atoms with Gasteiger partial charge in [0.2, 0.25) is 5.91 Å². The highest BCUT2D eigenvalue weighted by molar-refractivity contribution is 9.11. The first-order valence-electron chi connectivity index (χ1n) is 7.56.